The summed E-state index contributed by atoms with van der Waals surface area (Å²) in [6.45, 7) is 3.13. The van der Waals surface area contributed by atoms with Crippen molar-refractivity contribution in [2.75, 3.05) is 18.9 Å². The van der Waals surface area contributed by atoms with Crippen LogP contribution in [0.5, 0.6) is 11.5 Å². The van der Waals surface area contributed by atoms with Gasteiger partial charge in [-0.1, -0.05) is 13.0 Å². The molecule has 3 atom stereocenters. The van der Waals surface area contributed by atoms with Gasteiger partial charge in [-0.2, -0.15) is 0 Å². The maximum absolute atomic E-state index is 13.5. The number of hydrogen-bond donors (Lipinski definition) is 2. The molecule has 1 amide bonds. The van der Waals surface area contributed by atoms with Gasteiger partial charge in [0.05, 0.1) is 37.9 Å². The number of carbonyl (C=O) groups excluding carboxylic acids is 1. The SMILES string of the molecule is COc1cccc(OC)c1-n1c(NS(=O)(=O)[C@@H](C)[C@H](C)c2ncc(F)cn2)nnc1C1CCCC(=O)N1. The Hall–Kier alpha value is -3.81. The number of ether oxygens (including phenoxy) is 2. The number of amides is 1. The molecular formula is C23H28FN7O5S. The fraction of sp³-hybridized carbons (Fsp3) is 0.435. The third kappa shape index (κ3) is 5.33. The normalized spacial score (nSPS) is 17.5. The number of piperidine rings is 1. The molecule has 1 aromatic carbocycles. The van der Waals surface area contributed by atoms with Crippen molar-refractivity contribution in [3.63, 3.8) is 0 Å². The summed E-state index contributed by atoms with van der Waals surface area (Å²) < 4.78 is 55.3. The first kappa shape index (κ1) is 26.3. The monoisotopic (exact) mass is 533 g/mol. The fourth-order valence-corrected chi connectivity index (χ4v) is 5.35. The molecule has 12 nitrogen and oxygen atoms in total. The van der Waals surface area contributed by atoms with E-state index in [2.05, 4.69) is 30.2 Å². The van der Waals surface area contributed by atoms with Crippen molar-refractivity contribution in [1.29, 1.82) is 0 Å². The lowest BCUT2D eigenvalue weighted by Crippen LogP contribution is -2.34. The molecule has 0 saturated carbocycles. The number of halogens is 1. The molecule has 1 aliphatic heterocycles. The van der Waals surface area contributed by atoms with Gasteiger partial charge in [0.2, 0.25) is 21.9 Å². The molecule has 0 aliphatic carbocycles. The zero-order valence-electron chi connectivity index (χ0n) is 20.8. The van der Waals surface area contributed by atoms with Crippen molar-refractivity contribution in [2.24, 2.45) is 0 Å². The van der Waals surface area contributed by atoms with E-state index < -0.39 is 33.1 Å². The van der Waals surface area contributed by atoms with Crippen molar-refractivity contribution in [3.05, 3.63) is 48.1 Å². The number of rotatable bonds is 9. The molecule has 1 aliphatic rings. The summed E-state index contributed by atoms with van der Waals surface area (Å²) in [5.41, 5.74) is 0.368. The Labute approximate surface area is 213 Å². The summed E-state index contributed by atoms with van der Waals surface area (Å²) >= 11 is 0. The van der Waals surface area contributed by atoms with E-state index in [4.69, 9.17) is 9.47 Å². The molecule has 2 aromatic heterocycles. The van der Waals surface area contributed by atoms with Crippen LogP contribution in [0.1, 0.15) is 56.7 Å². The number of hydrogen-bond acceptors (Lipinski definition) is 9. The van der Waals surface area contributed by atoms with Crippen LogP contribution in [0.4, 0.5) is 10.3 Å². The molecule has 0 spiro atoms. The number of aromatic nitrogens is 5. The Bertz CT molecular complexity index is 1360. The van der Waals surface area contributed by atoms with Crippen LogP contribution < -0.4 is 19.5 Å². The van der Waals surface area contributed by atoms with Gasteiger partial charge in [0.25, 0.3) is 0 Å². The van der Waals surface area contributed by atoms with Gasteiger partial charge in [0.1, 0.15) is 23.0 Å². The number of anilines is 1. The molecule has 2 N–H and O–H groups in total. The standard InChI is InChI=1S/C23H28FN7O5S/c1-13(21-25-11-15(24)12-26-21)14(2)37(33,34)30-23-29-28-22(16-7-5-10-19(32)27-16)31(23)20-17(35-3)8-6-9-18(20)36-4/h6,8-9,11-14,16H,5,7,10H2,1-4H3,(H,27,32)(H,29,30)/t13-,14-,16?/m0/s1. The largest absolute Gasteiger partial charge is 0.494 e. The van der Waals surface area contributed by atoms with Gasteiger partial charge >= 0.3 is 0 Å². The van der Waals surface area contributed by atoms with Crippen LogP contribution in [0.2, 0.25) is 0 Å². The maximum atomic E-state index is 13.5. The zero-order valence-corrected chi connectivity index (χ0v) is 21.6. The average Bonchev–Trinajstić information content (AvgIpc) is 3.29. The maximum Gasteiger partial charge on any atom is 0.243 e. The third-order valence-electron chi connectivity index (χ3n) is 6.33. The minimum atomic E-state index is -4.08. The average molecular weight is 534 g/mol. The molecule has 4 rings (SSSR count). The summed E-state index contributed by atoms with van der Waals surface area (Å²) in [4.78, 5) is 20.0. The molecule has 14 heteroatoms. The van der Waals surface area contributed by atoms with Crippen LogP contribution in [-0.4, -0.2) is 58.5 Å². The topological polar surface area (TPSA) is 150 Å². The lowest BCUT2D eigenvalue weighted by Gasteiger charge is -2.25. The lowest BCUT2D eigenvalue weighted by molar-refractivity contribution is -0.123. The molecule has 0 radical (unpaired) electrons. The first-order valence-electron chi connectivity index (χ1n) is 11.6. The first-order valence-corrected chi connectivity index (χ1v) is 13.2. The molecular weight excluding hydrogens is 505 g/mol. The third-order valence-corrected chi connectivity index (χ3v) is 8.19. The van der Waals surface area contributed by atoms with E-state index in [0.29, 0.717) is 42.3 Å². The van der Waals surface area contributed by atoms with Crippen LogP contribution in [0.25, 0.3) is 5.69 Å². The molecule has 3 heterocycles. The Morgan fingerprint density at radius 2 is 1.78 bits per heavy atom. The van der Waals surface area contributed by atoms with Gasteiger partial charge in [0, 0.05) is 12.3 Å². The van der Waals surface area contributed by atoms with Crippen molar-refractivity contribution in [2.45, 2.75) is 50.3 Å². The summed E-state index contributed by atoms with van der Waals surface area (Å²) in [5.74, 6) is -0.293. The summed E-state index contributed by atoms with van der Waals surface area (Å²) in [6, 6.07) is 4.60. The number of carbonyl (C=O) groups is 1. The van der Waals surface area contributed by atoms with Crippen LogP contribution in [-0.2, 0) is 14.8 Å². The zero-order chi connectivity index (χ0) is 26.7. The lowest BCUT2D eigenvalue weighted by atomic mass is 10.0. The second-order valence-corrected chi connectivity index (χ2v) is 10.7. The van der Waals surface area contributed by atoms with E-state index in [1.807, 2.05) is 0 Å². The van der Waals surface area contributed by atoms with Crippen molar-refractivity contribution in [1.82, 2.24) is 30.0 Å². The van der Waals surface area contributed by atoms with E-state index in [-0.39, 0.29) is 17.7 Å². The smallest absolute Gasteiger partial charge is 0.243 e. The minimum absolute atomic E-state index is 0.114. The number of nitrogens with one attached hydrogen (secondary N) is 2. The summed E-state index contributed by atoms with van der Waals surface area (Å²) in [6.07, 6.45) is 3.59. The quantitative estimate of drug-likeness (QED) is 0.423. The van der Waals surface area contributed by atoms with Crippen molar-refractivity contribution >= 4 is 21.9 Å². The van der Waals surface area contributed by atoms with Crippen molar-refractivity contribution < 1.29 is 27.1 Å². The second kappa shape index (κ2) is 10.7. The van der Waals surface area contributed by atoms with E-state index >= 15 is 0 Å². The number of para-hydroxylation sites is 1. The number of sulfonamides is 1. The van der Waals surface area contributed by atoms with Gasteiger partial charge in [-0.25, -0.2) is 22.8 Å². The van der Waals surface area contributed by atoms with Crippen LogP contribution in [0, 0.1) is 5.82 Å². The van der Waals surface area contributed by atoms with Crippen LogP contribution in [0.3, 0.4) is 0 Å². The van der Waals surface area contributed by atoms with E-state index in [9.17, 15) is 17.6 Å². The summed E-state index contributed by atoms with van der Waals surface area (Å²) in [5, 5.41) is 10.3. The molecule has 37 heavy (non-hydrogen) atoms. The molecule has 1 saturated heterocycles. The van der Waals surface area contributed by atoms with Gasteiger partial charge in [-0.15, -0.1) is 10.2 Å². The second-order valence-electron chi connectivity index (χ2n) is 8.64. The van der Waals surface area contributed by atoms with Crippen LogP contribution in [0.15, 0.2) is 30.6 Å². The molecule has 1 unspecified atom stereocenters. The number of methoxy groups -OCH3 is 2. The minimum Gasteiger partial charge on any atom is -0.494 e. The van der Waals surface area contributed by atoms with Gasteiger partial charge in [0.15, 0.2) is 11.6 Å². The Morgan fingerprint density at radius 1 is 1.14 bits per heavy atom. The fourth-order valence-electron chi connectivity index (χ4n) is 4.12. The van der Waals surface area contributed by atoms with E-state index in [0.717, 1.165) is 12.4 Å². The molecule has 198 valence electrons. The Morgan fingerprint density at radius 3 is 2.38 bits per heavy atom. The van der Waals surface area contributed by atoms with Gasteiger partial charge < -0.3 is 14.8 Å². The highest BCUT2D eigenvalue weighted by Gasteiger charge is 2.34. The highest BCUT2D eigenvalue weighted by molar-refractivity contribution is 7.93. The molecule has 1 fully saturated rings. The predicted molar refractivity (Wildman–Crippen MR) is 132 cm³/mol. The predicted octanol–water partition coefficient (Wildman–Crippen LogP) is 2.49. The van der Waals surface area contributed by atoms with Gasteiger partial charge in [-0.05, 0) is 31.9 Å². The van der Waals surface area contributed by atoms with E-state index in [1.165, 1.54) is 25.7 Å². The highest BCUT2D eigenvalue weighted by Crippen LogP contribution is 2.38. The number of nitrogens with zero attached hydrogens (tertiary/aromatic N) is 5. The van der Waals surface area contributed by atoms with Crippen LogP contribution >= 0.6 is 0 Å². The van der Waals surface area contributed by atoms with E-state index in [1.54, 1.807) is 25.1 Å². The Balaban J connectivity index is 1.78. The molecule has 0 bridgehead atoms. The van der Waals surface area contributed by atoms with Gasteiger partial charge in [-0.3, -0.25) is 14.1 Å². The Kier molecular flexibility index (Phi) is 7.57. The number of benzene rings is 1. The summed E-state index contributed by atoms with van der Waals surface area (Å²) in [7, 11) is -1.14. The molecule has 3 aromatic rings. The van der Waals surface area contributed by atoms with Crippen molar-refractivity contribution in [3.8, 4) is 17.2 Å². The highest BCUT2D eigenvalue weighted by atomic mass is 32.2. The first-order chi connectivity index (χ1) is 17.7.